The number of rotatable bonds is 3. The Labute approximate surface area is 139 Å². The number of aromatic amines is 1. The molecule has 0 bridgehead atoms. The molecule has 2 aromatic heterocycles. The SMILES string of the molecule is O=C(O)Cc1ccc2c(c1)Cc1c-2[nH]c(=O)c2nc(OC(=O)O)cn12. The number of H-pyrrole nitrogens is 1. The quantitative estimate of drug-likeness (QED) is 0.478. The molecular weight excluding hydrogens is 330 g/mol. The van der Waals surface area contributed by atoms with Crippen molar-refractivity contribution in [1.29, 1.82) is 0 Å². The van der Waals surface area contributed by atoms with Crippen molar-refractivity contribution in [3.05, 3.63) is 51.6 Å². The topological polar surface area (TPSA) is 134 Å². The molecule has 4 rings (SSSR count). The molecule has 1 aliphatic rings. The van der Waals surface area contributed by atoms with E-state index in [4.69, 9.17) is 10.2 Å². The van der Waals surface area contributed by atoms with E-state index in [-0.39, 0.29) is 17.9 Å². The average Bonchev–Trinajstić information content (AvgIpc) is 3.07. The van der Waals surface area contributed by atoms with Gasteiger partial charge in [0.1, 0.15) is 0 Å². The minimum absolute atomic E-state index is 0.0357. The molecule has 9 heteroatoms. The van der Waals surface area contributed by atoms with Crippen LogP contribution in [0.2, 0.25) is 0 Å². The fourth-order valence-corrected chi connectivity index (χ4v) is 3.12. The van der Waals surface area contributed by atoms with Crippen LogP contribution in [0.4, 0.5) is 4.79 Å². The third-order valence-electron chi connectivity index (χ3n) is 4.05. The van der Waals surface area contributed by atoms with Gasteiger partial charge < -0.3 is 19.9 Å². The van der Waals surface area contributed by atoms with E-state index in [1.54, 1.807) is 18.2 Å². The van der Waals surface area contributed by atoms with Crippen LogP contribution in [0.3, 0.4) is 0 Å². The molecule has 1 aliphatic carbocycles. The highest BCUT2D eigenvalue weighted by atomic mass is 16.7. The molecule has 1 aromatic carbocycles. The lowest BCUT2D eigenvalue weighted by Crippen LogP contribution is -2.13. The highest BCUT2D eigenvalue weighted by Crippen LogP contribution is 2.35. The molecule has 0 saturated heterocycles. The van der Waals surface area contributed by atoms with Crippen molar-refractivity contribution in [1.82, 2.24) is 14.4 Å². The predicted molar refractivity (Wildman–Crippen MR) is 84.0 cm³/mol. The van der Waals surface area contributed by atoms with Crippen molar-refractivity contribution in [3.8, 4) is 17.1 Å². The first-order valence-corrected chi connectivity index (χ1v) is 7.31. The van der Waals surface area contributed by atoms with E-state index in [0.717, 1.165) is 16.8 Å². The lowest BCUT2D eigenvalue weighted by molar-refractivity contribution is -0.136. The molecule has 25 heavy (non-hydrogen) atoms. The van der Waals surface area contributed by atoms with E-state index in [0.29, 0.717) is 17.7 Å². The second kappa shape index (κ2) is 5.20. The van der Waals surface area contributed by atoms with Gasteiger partial charge in [-0.2, -0.15) is 4.98 Å². The molecule has 0 fully saturated rings. The van der Waals surface area contributed by atoms with Crippen molar-refractivity contribution in [2.75, 3.05) is 0 Å². The number of carbonyl (C=O) groups is 2. The third kappa shape index (κ3) is 2.42. The lowest BCUT2D eigenvalue weighted by atomic mass is 10.0. The smallest absolute Gasteiger partial charge is 0.481 e. The normalized spacial score (nSPS) is 12.0. The summed E-state index contributed by atoms with van der Waals surface area (Å²) in [6, 6.07) is 5.27. The number of aliphatic carboxylic acids is 1. The molecule has 0 aliphatic heterocycles. The van der Waals surface area contributed by atoms with Gasteiger partial charge in [-0.25, -0.2) is 4.79 Å². The molecule has 0 unspecified atom stereocenters. The van der Waals surface area contributed by atoms with Crippen molar-refractivity contribution < 1.29 is 24.5 Å². The van der Waals surface area contributed by atoms with E-state index in [2.05, 4.69) is 14.7 Å². The fraction of sp³-hybridized carbons (Fsp3) is 0.125. The summed E-state index contributed by atoms with van der Waals surface area (Å²) >= 11 is 0. The number of carboxylic acid groups (broad SMARTS) is 2. The third-order valence-corrected chi connectivity index (χ3v) is 4.05. The van der Waals surface area contributed by atoms with Crippen LogP contribution in [-0.2, 0) is 17.6 Å². The van der Waals surface area contributed by atoms with Crippen molar-refractivity contribution in [3.63, 3.8) is 0 Å². The van der Waals surface area contributed by atoms with Crippen LogP contribution in [0, 0.1) is 0 Å². The summed E-state index contributed by atoms with van der Waals surface area (Å²) in [5, 5.41) is 17.6. The Morgan fingerprint density at radius 1 is 1.32 bits per heavy atom. The van der Waals surface area contributed by atoms with Crippen LogP contribution in [0.15, 0.2) is 29.2 Å². The number of aromatic nitrogens is 3. The molecule has 0 saturated carbocycles. The zero-order valence-corrected chi connectivity index (χ0v) is 12.6. The zero-order valence-electron chi connectivity index (χ0n) is 12.6. The summed E-state index contributed by atoms with van der Waals surface area (Å²) < 4.78 is 6.02. The first-order chi connectivity index (χ1) is 11.9. The molecular formula is C16H11N3O6. The van der Waals surface area contributed by atoms with E-state index >= 15 is 0 Å². The van der Waals surface area contributed by atoms with Gasteiger partial charge in [0.05, 0.1) is 24.0 Å². The second-order valence-electron chi connectivity index (χ2n) is 5.66. The average molecular weight is 341 g/mol. The first kappa shape index (κ1) is 14.9. The van der Waals surface area contributed by atoms with Gasteiger partial charge >= 0.3 is 12.1 Å². The van der Waals surface area contributed by atoms with Gasteiger partial charge in [0.25, 0.3) is 5.56 Å². The summed E-state index contributed by atoms with van der Waals surface area (Å²) in [6.07, 6.45) is 0.200. The number of hydrogen-bond donors (Lipinski definition) is 3. The number of benzene rings is 1. The molecule has 0 spiro atoms. The van der Waals surface area contributed by atoms with Crippen LogP contribution < -0.4 is 10.3 Å². The van der Waals surface area contributed by atoms with E-state index < -0.39 is 17.7 Å². The maximum absolute atomic E-state index is 12.2. The second-order valence-corrected chi connectivity index (χ2v) is 5.66. The number of fused-ring (bicyclic) bond motifs is 5. The van der Waals surface area contributed by atoms with Gasteiger partial charge in [0.15, 0.2) is 0 Å². The summed E-state index contributed by atoms with van der Waals surface area (Å²) in [6.45, 7) is 0. The number of nitrogens with zero attached hydrogens (tertiary/aromatic N) is 2. The fourth-order valence-electron chi connectivity index (χ4n) is 3.12. The zero-order chi connectivity index (χ0) is 17.7. The summed E-state index contributed by atoms with van der Waals surface area (Å²) in [5.74, 6) is -1.11. The van der Waals surface area contributed by atoms with Gasteiger partial charge in [-0.15, -0.1) is 0 Å². The Hall–Kier alpha value is -3.62. The predicted octanol–water partition coefficient (Wildman–Crippen LogP) is 1.28. The number of hydrogen-bond acceptors (Lipinski definition) is 5. The molecule has 9 nitrogen and oxygen atoms in total. The molecule has 126 valence electrons. The van der Waals surface area contributed by atoms with E-state index in [1.807, 2.05) is 0 Å². The Balaban J connectivity index is 1.85. The Bertz CT molecular complexity index is 1110. The maximum atomic E-state index is 12.2. The molecule has 0 radical (unpaired) electrons. The number of carboxylic acids is 1. The van der Waals surface area contributed by atoms with Gasteiger partial charge in [-0.05, 0) is 11.1 Å². The largest absolute Gasteiger partial charge is 0.512 e. The van der Waals surface area contributed by atoms with Gasteiger partial charge in [-0.1, -0.05) is 18.2 Å². The highest BCUT2D eigenvalue weighted by molar-refractivity contribution is 5.76. The summed E-state index contributed by atoms with van der Waals surface area (Å²) in [5.41, 5.74) is 3.25. The van der Waals surface area contributed by atoms with E-state index in [1.165, 1.54) is 10.6 Å². The Morgan fingerprint density at radius 3 is 2.84 bits per heavy atom. The van der Waals surface area contributed by atoms with Crippen molar-refractivity contribution >= 4 is 17.8 Å². The minimum atomic E-state index is -1.52. The van der Waals surface area contributed by atoms with Crippen LogP contribution in [0.5, 0.6) is 5.88 Å². The molecule has 3 aromatic rings. The van der Waals surface area contributed by atoms with Crippen molar-refractivity contribution in [2.45, 2.75) is 12.8 Å². The summed E-state index contributed by atoms with van der Waals surface area (Å²) in [4.78, 5) is 40.4. The van der Waals surface area contributed by atoms with E-state index in [9.17, 15) is 14.4 Å². The van der Waals surface area contributed by atoms with Crippen LogP contribution in [0.25, 0.3) is 16.9 Å². The van der Waals surface area contributed by atoms with Crippen LogP contribution in [0.1, 0.15) is 16.8 Å². The minimum Gasteiger partial charge on any atom is -0.481 e. The monoisotopic (exact) mass is 341 g/mol. The highest BCUT2D eigenvalue weighted by Gasteiger charge is 2.25. The molecule has 3 N–H and O–H groups in total. The Kier molecular flexibility index (Phi) is 3.11. The lowest BCUT2D eigenvalue weighted by Gasteiger charge is -2.03. The maximum Gasteiger partial charge on any atom is 0.512 e. The molecule has 0 atom stereocenters. The summed E-state index contributed by atoms with van der Waals surface area (Å²) in [7, 11) is 0. The molecule has 2 heterocycles. The van der Waals surface area contributed by atoms with Gasteiger partial charge in [-0.3, -0.25) is 14.0 Å². The van der Waals surface area contributed by atoms with Crippen LogP contribution >= 0.6 is 0 Å². The van der Waals surface area contributed by atoms with Crippen molar-refractivity contribution in [2.24, 2.45) is 0 Å². The van der Waals surface area contributed by atoms with Crippen LogP contribution in [-0.4, -0.2) is 36.7 Å². The van der Waals surface area contributed by atoms with Gasteiger partial charge in [0.2, 0.25) is 11.5 Å². The number of nitrogens with one attached hydrogen (secondary N) is 1. The molecule has 0 amide bonds. The first-order valence-electron chi connectivity index (χ1n) is 7.31. The Morgan fingerprint density at radius 2 is 2.12 bits per heavy atom. The standard InChI is InChI=1S/C16H11N3O6/c20-12(21)4-7-1-2-9-8(3-7)5-10-13(9)18-15(22)14-17-11(6-19(10)14)25-16(23)24/h1-3,6H,4-5H2,(H,18,22)(H,20,21)(H,23,24). The number of ether oxygens (including phenoxy) is 1. The van der Waals surface area contributed by atoms with Gasteiger partial charge in [0, 0.05) is 12.0 Å². The number of imidazole rings is 1.